The van der Waals surface area contributed by atoms with Gasteiger partial charge in [-0.2, -0.15) is 0 Å². The summed E-state index contributed by atoms with van der Waals surface area (Å²) in [4.78, 5) is 10.5. The Morgan fingerprint density at radius 3 is 2.93 bits per heavy atom. The van der Waals surface area contributed by atoms with Crippen molar-refractivity contribution >= 4 is 5.97 Å². The first-order valence-electron chi connectivity index (χ1n) is 5.46. The van der Waals surface area contributed by atoms with E-state index >= 15 is 0 Å². The smallest absolute Gasteiger partial charge is 0.303 e. The van der Waals surface area contributed by atoms with Crippen molar-refractivity contribution in [1.82, 2.24) is 0 Å². The van der Waals surface area contributed by atoms with Gasteiger partial charge in [-0.25, -0.2) is 0 Å². The maximum atomic E-state index is 10.5. The van der Waals surface area contributed by atoms with Crippen LogP contribution in [0.15, 0.2) is 18.2 Å². The van der Waals surface area contributed by atoms with Gasteiger partial charge in [0.05, 0.1) is 0 Å². The molecule has 80 valence electrons. The van der Waals surface area contributed by atoms with Gasteiger partial charge in [0.15, 0.2) is 0 Å². The molecule has 0 saturated carbocycles. The molecule has 0 saturated heterocycles. The number of aliphatic carboxylic acids is 1. The molecule has 0 fully saturated rings. The van der Waals surface area contributed by atoms with E-state index in [4.69, 9.17) is 5.11 Å². The van der Waals surface area contributed by atoms with Gasteiger partial charge < -0.3 is 5.11 Å². The lowest BCUT2D eigenvalue weighted by Gasteiger charge is -2.05. The molecule has 0 aromatic heterocycles. The summed E-state index contributed by atoms with van der Waals surface area (Å²) in [5, 5.41) is 8.65. The van der Waals surface area contributed by atoms with E-state index < -0.39 is 5.97 Å². The highest BCUT2D eigenvalue weighted by molar-refractivity contribution is 5.66. The monoisotopic (exact) mass is 204 g/mol. The molecule has 15 heavy (non-hydrogen) atoms. The van der Waals surface area contributed by atoms with Crippen LogP contribution in [0.25, 0.3) is 0 Å². The van der Waals surface area contributed by atoms with E-state index in [9.17, 15) is 4.79 Å². The van der Waals surface area contributed by atoms with Crippen LogP contribution in [0.4, 0.5) is 0 Å². The van der Waals surface area contributed by atoms with Gasteiger partial charge in [0.25, 0.3) is 0 Å². The van der Waals surface area contributed by atoms with Crippen molar-refractivity contribution in [3.63, 3.8) is 0 Å². The molecule has 1 atom stereocenters. The Kier molecular flexibility index (Phi) is 2.76. The van der Waals surface area contributed by atoms with Crippen molar-refractivity contribution in [3.05, 3.63) is 34.9 Å². The maximum Gasteiger partial charge on any atom is 0.303 e. The van der Waals surface area contributed by atoms with Crippen LogP contribution in [0.3, 0.4) is 0 Å². The first-order chi connectivity index (χ1) is 7.16. The molecule has 0 aliphatic heterocycles. The minimum absolute atomic E-state index is 0.303. The lowest BCUT2D eigenvalue weighted by atomic mass is 10.00. The van der Waals surface area contributed by atoms with Crippen LogP contribution in [0.5, 0.6) is 0 Å². The van der Waals surface area contributed by atoms with Crippen molar-refractivity contribution in [1.29, 1.82) is 0 Å². The van der Waals surface area contributed by atoms with Gasteiger partial charge in [-0.1, -0.05) is 18.2 Å². The Hall–Kier alpha value is -1.31. The molecule has 1 N–H and O–H groups in total. The van der Waals surface area contributed by atoms with E-state index in [1.807, 2.05) is 0 Å². The molecule has 0 radical (unpaired) electrons. The summed E-state index contributed by atoms with van der Waals surface area (Å²) in [7, 11) is 0. The Bertz CT molecular complexity index is 382. The average Bonchev–Trinajstić information content (AvgIpc) is 2.59. The summed E-state index contributed by atoms with van der Waals surface area (Å²) in [5.74, 6) is -0.139. The number of fused-ring (bicyclic) bond motifs is 1. The van der Waals surface area contributed by atoms with Gasteiger partial charge in [0, 0.05) is 6.42 Å². The summed E-state index contributed by atoms with van der Waals surface area (Å²) in [6.07, 6.45) is 3.24. The second-order valence-electron chi connectivity index (χ2n) is 4.42. The Morgan fingerprint density at radius 2 is 2.27 bits per heavy atom. The SMILES string of the molecule is Cc1cccc2c1CC(CCC(=O)O)C2. The van der Waals surface area contributed by atoms with Crippen LogP contribution in [0, 0.1) is 12.8 Å². The number of carboxylic acids is 1. The molecule has 1 aromatic rings. The number of rotatable bonds is 3. The minimum atomic E-state index is -0.678. The molecule has 1 aliphatic carbocycles. The van der Waals surface area contributed by atoms with E-state index in [1.54, 1.807) is 0 Å². The molecule has 1 unspecified atom stereocenters. The van der Waals surface area contributed by atoms with Gasteiger partial charge in [-0.15, -0.1) is 0 Å². The molecule has 2 heteroatoms. The molecular formula is C13H16O2. The average molecular weight is 204 g/mol. The third-order valence-electron chi connectivity index (χ3n) is 3.28. The van der Waals surface area contributed by atoms with Crippen LogP contribution in [0.2, 0.25) is 0 Å². The first-order valence-corrected chi connectivity index (χ1v) is 5.46. The molecule has 0 amide bonds. The summed E-state index contributed by atoms with van der Waals surface area (Å²) < 4.78 is 0. The molecule has 1 aliphatic rings. The number of hydrogen-bond donors (Lipinski definition) is 1. The second-order valence-corrected chi connectivity index (χ2v) is 4.42. The predicted molar refractivity (Wildman–Crippen MR) is 58.9 cm³/mol. The topological polar surface area (TPSA) is 37.3 Å². The molecule has 2 rings (SSSR count). The van der Waals surface area contributed by atoms with Crippen molar-refractivity contribution in [3.8, 4) is 0 Å². The standard InChI is InChI=1S/C13H16O2/c1-9-3-2-4-11-7-10(8-12(9)11)5-6-13(14)15/h2-4,10H,5-8H2,1H3,(H,14,15). The number of carboxylic acid groups (broad SMARTS) is 1. The zero-order valence-electron chi connectivity index (χ0n) is 8.99. The number of benzene rings is 1. The largest absolute Gasteiger partial charge is 0.481 e. The first kappa shape index (κ1) is 10.2. The van der Waals surface area contributed by atoms with Gasteiger partial charge in [-0.3, -0.25) is 4.79 Å². The highest BCUT2D eigenvalue weighted by atomic mass is 16.4. The fourth-order valence-corrected chi connectivity index (χ4v) is 2.45. The van der Waals surface area contributed by atoms with E-state index in [2.05, 4.69) is 25.1 Å². The van der Waals surface area contributed by atoms with E-state index in [1.165, 1.54) is 16.7 Å². The Balaban J connectivity index is 2.03. The van der Waals surface area contributed by atoms with Crippen LogP contribution in [0.1, 0.15) is 29.5 Å². The summed E-state index contributed by atoms with van der Waals surface area (Å²) in [6.45, 7) is 2.14. The molecule has 0 heterocycles. The van der Waals surface area contributed by atoms with Crippen molar-refractivity contribution < 1.29 is 9.90 Å². The summed E-state index contributed by atoms with van der Waals surface area (Å²) in [6, 6.07) is 6.40. The normalized spacial score (nSPS) is 18.9. The third kappa shape index (κ3) is 2.20. The predicted octanol–water partition coefficient (Wildman–Crippen LogP) is 2.57. The van der Waals surface area contributed by atoms with Crippen molar-refractivity contribution in [2.75, 3.05) is 0 Å². The zero-order chi connectivity index (χ0) is 10.8. The van der Waals surface area contributed by atoms with E-state index in [0.29, 0.717) is 12.3 Å². The molecule has 0 bridgehead atoms. The fraction of sp³-hybridized carbons (Fsp3) is 0.462. The van der Waals surface area contributed by atoms with Crippen molar-refractivity contribution in [2.45, 2.75) is 32.6 Å². The van der Waals surface area contributed by atoms with Crippen LogP contribution < -0.4 is 0 Å². The van der Waals surface area contributed by atoms with Crippen LogP contribution in [-0.2, 0) is 17.6 Å². The molecule has 0 spiro atoms. The van der Waals surface area contributed by atoms with E-state index in [0.717, 1.165) is 19.3 Å². The Morgan fingerprint density at radius 1 is 1.47 bits per heavy atom. The molecule has 1 aromatic carbocycles. The van der Waals surface area contributed by atoms with Gasteiger partial charge in [0.1, 0.15) is 0 Å². The second kappa shape index (κ2) is 4.05. The third-order valence-corrected chi connectivity index (χ3v) is 3.28. The van der Waals surface area contributed by atoms with Crippen molar-refractivity contribution in [2.24, 2.45) is 5.92 Å². The zero-order valence-corrected chi connectivity index (χ0v) is 8.99. The number of aryl methyl sites for hydroxylation is 1. The van der Waals surface area contributed by atoms with Crippen LogP contribution in [-0.4, -0.2) is 11.1 Å². The Labute approximate surface area is 89.9 Å². The van der Waals surface area contributed by atoms with Gasteiger partial charge in [0.2, 0.25) is 0 Å². The minimum Gasteiger partial charge on any atom is -0.481 e. The summed E-state index contributed by atoms with van der Waals surface area (Å²) >= 11 is 0. The fourth-order valence-electron chi connectivity index (χ4n) is 2.45. The lowest BCUT2D eigenvalue weighted by Crippen LogP contribution is -2.04. The quantitative estimate of drug-likeness (QED) is 0.821. The van der Waals surface area contributed by atoms with Crippen LogP contribution >= 0.6 is 0 Å². The number of hydrogen-bond acceptors (Lipinski definition) is 1. The molecule has 2 nitrogen and oxygen atoms in total. The number of carbonyl (C=O) groups is 1. The van der Waals surface area contributed by atoms with E-state index in [-0.39, 0.29) is 0 Å². The molecular weight excluding hydrogens is 188 g/mol. The maximum absolute atomic E-state index is 10.5. The van der Waals surface area contributed by atoms with Gasteiger partial charge in [-0.05, 0) is 48.8 Å². The highest BCUT2D eigenvalue weighted by Gasteiger charge is 2.22. The van der Waals surface area contributed by atoms with Gasteiger partial charge >= 0.3 is 5.97 Å². The highest BCUT2D eigenvalue weighted by Crippen LogP contribution is 2.31. The summed E-state index contributed by atoms with van der Waals surface area (Å²) in [5.41, 5.74) is 4.23. The lowest BCUT2D eigenvalue weighted by molar-refractivity contribution is -0.137.